The van der Waals surface area contributed by atoms with Crippen molar-refractivity contribution in [3.8, 4) is 0 Å². The van der Waals surface area contributed by atoms with Crippen LogP contribution in [0.15, 0.2) is 24.8 Å². The second-order valence-electron chi connectivity index (χ2n) is 3.36. The number of imidazole rings is 1. The van der Waals surface area contributed by atoms with Gasteiger partial charge in [-0.25, -0.2) is 4.98 Å². The van der Waals surface area contributed by atoms with Gasteiger partial charge in [0.25, 0.3) is 0 Å². The Bertz CT molecular complexity index is 457. The van der Waals surface area contributed by atoms with Gasteiger partial charge in [0, 0.05) is 26.2 Å². The topological polar surface area (TPSA) is 52.7 Å². The Labute approximate surface area is 87.4 Å². The highest BCUT2D eigenvalue weighted by molar-refractivity contribution is 5.71. The number of nitrogens with zero attached hydrogens (tertiary/aromatic N) is 4. The van der Waals surface area contributed by atoms with E-state index in [1.807, 2.05) is 23.9 Å². The van der Waals surface area contributed by atoms with Crippen molar-refractivity contribution in [3.63, 3.8) is 0 Å². The molecule has 0 bridgehead atoms. The van der Waals surface area contributed by atoms with Crippen molar-refractivity contribution in [1.82, 2.24) is 19.3 Å². The summed E-state index contributed by atoms with van der Waals surface area (Å²) in [6, 6.07) is 1.97. The van der Waals surface area contributed by atoms with Gasteiger partial charge in [0.05, 0.1) is 18.2 Å². The van der Waals surface area contributed by atoms with Gasteiger partial charge in [-0.15, -0.1) is 0 Å². The summed E-state index contributed by atoms with van der Waals surface area (Å²) in [7, 11) is 1.89. The largest absolute Gasteiger partial charge is 0.328 e. The Morgan fingerprint density at radius 1 is 1.53 bits per heavy atom. The molecule has 2 aromatic heterocycles. The smallest absolute Gasteiger partial charge is 0.168 e. The molecule has 5 heteroatoms. The summed E-state index contributed by atoms with van der Waals surface area (Å²) in [5.74, 6) is 0. The van der Waals surface area contributed by atoms with Crippen LogP contribution < -0.4 is 0 Å². The molecular weight excluding hydrogens is 192 g/mol. The molecule has 0 aliphatic carbocycles. The van der Waals surface area contributed by atoms with Crippen LogP contribution >= 0.6 is 0 Å². The van der Waals surface area contributed by atoms with E-state index >= 15 is 0 Å². The molecule has 2 heterocycles. The highest BCUT2D eigenvalue weighted by Gasteiger charge is 2.02. The molecule has 0 unspecified atom stereocenters. The van der Waals surface area contributed by atoms with E-state index in [4.69, 9.17) is 0 Å². The van der Waals surface area contributed by atoms with Crippen LogP contribution in [0.5, 0.6) is 0 Å². The highest BCUT2D eigenvalue weighted by Crippen LogP contribution is 2.01. The fourth-order valence-corrected chi connectivity index (χ4v) is 1.45. The lowest BCUT2D eigenvalue weighted by Crippen LogP contribution is -2.04. The van der Waals surface area contributed by atoms with Gasteiger partial charge in [0.1, 0.15) is 5.69 Å². The minimum absolute atomic E-state index is 0.603. The molecule has 0 aromatic carbocycles. The fourth-order valence-electron chi connectivity index (χ4n) is 1.45. The van der Waals surface area contributed by atoms with Crippen LogP contribution in [0.4, 0.5) is 0 Å². The lowest BCUT2D eigenvalue weighted by Gasteiger charge is -2.01. The van der Waals surface area contributed by atoms with E-state index in [0.717, 1.165) is 24.9 Å². The van der Waals surface area contributed by atoms with Crippen molar-refractivity contribution in [2.45, 2.75) is 13.0 Å². The van der Waals surface area contributed by atoms with Crippen LogP contribution in [0.2, 0.25) is 0 Å². The van der Waals surface area contributed by atoms with E-state index < -0.39 is 0 Å². The van der Waals surface area contributed by atoms with E-state index in [-0.39, 0.29) is 0 Å². The summed E-state index contributed by atoms with van der Waals surface area (Å²) < 4.78 is 3.59. The maximum atomic E-state index is 10.6. The lowest BCUT2D eigenvalue weighted by molar-refractivity contribution is 0.111. The van der Waals surface area contributed by atoms with E-state index in [1.165, 1.54) is 0 Å². The quantitative estimate of drug-likeness (QED) is 0.688. The second kappa shape index (κ2) is 4.08. The molecule has 2 rings (SSSR count). The van der Waals surface area contributed by atoms with Crippen LogP contribution in [0.25, 0.3) is 0 Å². The maximum Gasteiger partial charge on any atom is 0.168 e. The number of aromatic nitrogens is 4. The Kier molecular flexibility index (Phi) is 2.62. The average molecular weight is 204 g/mol. The zero-order valence-corrected chi connectivity index (χ0v) is 8.50. The van der Waals surface area contributed by atoms with Gasteiger partial charge in [-0.05, 0) is 6.07 Å². The summed E-state index contributed by atoms with van der Waals surface area (Å²) in [6.45, 7) is 0.727. The molecule has 0 aliphatic rings. The van der Waals surface area contributed by atoms with Gasteiger partial charge in [0.2, 0.25) is 0 Å². The summed E-state index contributed by atoms with van der Waals surface area (Å²) in [5.41, 5.74) is 1.62. The Morgan fingerprint density at radius 3 is 3.07 bits per heavy atom. The van der Waals surface area contributed by atoms with Gasteiger partial charge < -0.3 is 4.57 Å². The van der Waals surface area contributed by atoms with Crippen molar-refractivity contribution >= 4 is 6.29 Å². The second-order valence-corrected chi connectivity index (χ2v) is 3.36. The summed E-state index contributed by atoms with van der Waals surface area (Å²) >= 11 is 0. The molecule has 0 fully saturated rings. The molecule has 0 saturated heterocycles. The van der Waals surface area contributed by atoms with Crippen molar-refractivity contribution in [1.29, 1.82) is 0 Å². The monoisotopic (exact) mass is 204 g/mol. The molecule has 0 N–H and O–H groups in total. The van der Waals surface area contributed by atoms with Crippen molar-refractivity contribution in [2.75, 3.05) is 0 Å². The van der Waals surface area contributed by atoms with Crippen LogP contribution in [0.3, 0.4) is 0 Å². The van der Waals surface area contributed by atoms with Crippen LogP contribution in [-0.4, -0.2) is 25.6 Å². The Morgan fingerprint density at radius 2 is 2.40 bits per heavy atom. The van der Waals surface area contributed by atoms with Crippen LogP contribution in [0.1, 0.15) is 16.2 Å². The van der Waals surface area contributed by atoms with Gasteiger partial charge in [-0.2, -0.15) is 5.10 Å². The Balaban J connectivity index is 2.01. The summed E-state index contributed by atoms with van der Waals surface area (Å²) in [6.07, 6.45) is 6.74. The first-order valence-corrected chi connectivity index (χ1v) is 4.73. The predicted molar refractivity (Wildman–Crippen MR) is 54.5 cm³/mol. The van der Waals surface area contributed by atoms with Gasteiger partial charge in [0.15, 0.2) is 6.29 Å². The zero-order valence-electron chi connectivity index (χ0n) is 8.50. The SMILES string of the molecule is Cn1ccc(CCn2cncc2C=O)n1. The van der Waals surface area contributed by atoms with E-state index in [9.17, 15) is 4.79 Å². The van der Waals surface area contributed by atoms with Crippen molar-refractivity contribution in [2.24, 2.45) is 7.05 Å². The summed E-state index contributed by atoms with van der Waals surface area (Å²) in [5, 5.41) is 4.26. The number of hydrogen-bond donors (Lipinski definition) is 0. The molecule has 0 amide bonds. The van der Waals surface area contributed by atoms with Gasteiger partial charge in [-0.3, -0.25) is 9.48 Å². The number of aryl methyl sites for hydroxylation is 3. The molecule has 2 aromatic rings. The molecule has 0 radical (unpaired) electrons. The first kappa shape index (κ1) is 9.64. The van der Waals surface area contributed by atoms with E-state index in [1.54, 1.807) is 17.2 Å². The number of aldehydes is 1. The van der Waals surface area contributed by atoms with E-state index in [0.29, 0.717) is 5.69 Å². The third-order valence-electron chi connectivity index (χ3n) is 2.24. The molecule has 0 saturated carbocycles. The minimum Gasteiger partial charge on any atom is -0.328 e. The normalized spacial score (nSPS) is 10.5. The fraction of sp³-hybridized carbons (Fsp3) is 0.300. The molecule has 5 nitrogen and oxygen atoms in total. The number of rotatable bonds is 4. The summed E-state index contributed by atoms with van der Waals surface area (Å²) in [4.78, 5) is 14.5. The van der Waals surface area contributed by atoms with Gasteiger partial charge >= 0.3 is 0 Å². The first-order valence-electron chi connectivity index (χ1n) is 4.73. The van der Waals surface area contributed by atoms with E-state index in [2.05, 4.69) is 10.1 Å². The molecule has 0 aliphatic heterocycles. The number of hydrogen-bond acceptors (Lipinski definition) is 3. The predicted octanol–water partition coefficient (Wildman–Crippen LogP) is 0.672. The number of carbonyl (C=O) groups is 1. The Hall–Kier alpha value is -1.91. The lowest BCUT2D eigenvalue weighted by atomic mass is 10.3. The van der Waals surface area contributed by atoms with Crippen LogP contribution in [0, 0.1) is 0 Å². The first-order chi connectivity index (χ1) is 7.29. The molecule has 15 heavy (non-hydrogen) atoms. The molecule has 0 atom stereocenters. The van der Waals surface area contributed by atoms with Crippen molar-refractivity contribution < 1.29 is 4.79 Å². The third-order valence-corrected chi connectivity index (χ3v) is 2.24. The van der Waals surface area contributed by atoms with Gasteiger partial charge in [-0.1, -0.05) is 0 Å². The highest BCUT2D eigenvalue weighted by atomic mass is 16.1. The molecule has 0 spiro atoms. The molecule has 78 valence electrons. The average Bonchev–Trinajstić information content (AvgIpc) is 2.83. The molecular formula is C10H12N4O. The number of carbonyl (C=O) groups excluding carboxylic acids is 1. The standard InChI is InChI=1S/C10H12N4O/c1-13-4-2-9(12-13)3-5-14-8-11-6-10(14)7-15/h2,4,6-8H,3,5H2,1H3. The zero-order chi connectivity index (χ0) is 10.7. The maximum absolute atomic E-state index is 10.6. The minimum atomic E-state index is 0.603. The van der Waals surface area contributed by atoms with Crippen molar-refractivity contribution in [3.05, 3.63) is 36.2 Å². The van der Waals surface area contributed by atoms with Crippen LogP contribution in [-0.2, 0) is 20.0 Å². The third kappa shape index (κ3) is 2.12.